The lowest BCUT2D eigenvalue weighted by atomic mass is 10.4. The van der Waals surface area contributed by atoms with Gasteiger partial charge in [-0.15, -0.1) is 0 Å². The monoisotopic (exact) mass is 210 g/mol. The number of nitrogens with two attached hydrogens (primary N) is 1. The highest BCUT2D eigenvalue weighted by molar-refractivity contribution is 5.44. The maximum Gasteiger partial charge on any atom is 0.166 e. The molecule has 1 aromatic rings. The molecule has 0 unspecified atom stereocenters. The molecule has 84 valence electrons. The molecule has 0 amide bonds. The Bertz CT molecular complexity index is 279. The Hall–Kier alpha value is -1.29. The molecule has 0 aliphatic rings. The quantitative estimate of drug-likeness (QED) is 0.698. The Morgan fingerprint density at radius 3 is 2.93 bits per heavy atom. The molecule has 4 nitrogen and oxygen atoms in total. The molecule has 1 rings (SSSR count). The fourth-order valence-electron chi connectivity index (χ4n) is 1.08. The van der Waals surface area contributed by atoms with Crippen LogP contribution < -0.4 is 10.5 Å². The Kier molecular flexibility index (Phi) is 5.55. The van der Waals surface area contributed by atoms with Crippen molar-refractivity contribution in [3.63, 3.8) is 0 Å². The summed E-state index contributed by atoms with van der Waals surface area (Å²) in [6.45, 7) is 4.03. The van der Waals surface area contributed by atoms with E-state index in [0.717, 1.165) is 19.4 Å². The van der Waals surface area contributed by atoms with Gasteiger partial charge in [0.05, 0.1) is 6.61 Å². The van der Waals surface area contributed by atoms with Crippen LogP contribution in [0.5, 0.6) is 5.75 Å². The van der Waals surface area contributed by atoms with Gasteiger partial charge in [0, 0.05) is 12.8 Å². The highest BCUT2D eigenvalue weighted by atomic mass is 16.5. The topological polar surface area (TPSA) is 57.4 Å². The summed E-state index contributed by atoms with van der Waals surface area (Å²) in [6.07, 6.45) is 3.88. The van der Waals surface area contributed by atoms with E-state index >= 15 is 0 Å². The van der Waals surface area contributed by atoms with Crippen LogP contribution >= 0.6 is 0 Å². The van der Waals surface area contributed by atoms with Gasteiger partial charge in [0.25, 0.3) is 0 Å². The number of ether oxygens (including phenoxy) is 2. The maximum absolute atomic E-state index is 5.61. The number of nitrogen functional groups attached to an aromatic ring is 1. The molecule has 1 heterocycles. The summed E-state index contributed by atoms with van der Waals surface area (Å²) in [7, 11) is 0. The Morgan fingerprint density at radius 2 is 2.20 bits per heavy atom. The minimum absolute atomic E-state index is 0.422. The van der Waals surface area contributed by atoms with Gasteiger partial charge in [-0.25, -0.2) is 4.98 Å². The van der Waals surface area contributed by atoms with Crippen molar-refractivity contribution in [1.82, 2.24) is 4.98 Å². The average Bonchev–Trinajstić information content (AvgIpc) is 2.25. The zero-order valence-electron chi connectivity index (χ0n) is 9.11. The molecule has 15 heavy (non-hydrogen) atoms. The van der Waals surface area contributed by atoms with Gasteiger partial charge < -0.3 is 15.2 Å². The third kappa shape index (κ3) is 4.65. The van der Waals surface area contributed by atoms with E-state index in [9.17, 15) is 0 Å². The number of nitrogens with zero attached hydrogens (tertiary/aromatic N) is 1. The summed E-state index contributed by atoms with van der Waals surface area (Å²) in [5.74, 6) is 1.04. The molecule has 0 aliphatic carbocycles. The van der Waals surface area contributed by atoms with Crippen molar-refractivity contribution in [1.29, 1.82) is 0 Å². The second-order valence-electron chi connectivity index (χ2n) is 3.20. The lowest BCUT2D eigenvalue weighted by molar-refractivity contribution is 0.0982. The zero-order chi connectivity index (χ0) is 10.9. The van der Waals surface area contributed by atoms with Crippen LogP contribution in [0.15, 0.2) is 18.3 Å². The molecular weight excluding hydrogens is 192 g/mol. The average molecular weight is 210 g/mol. The zero-order valence-corrected chi connectivity index (χ0v) is 9.11. The van der Waals surface area contributed by atoms with E-state index in [1.54, 1.807) is 18.3 Å². The highest BCUT2D eigenvalue weighted by Crippen LogP contribution is 2.16. The molecule has 0 spiro atoms. The van der Waals surface area contributed by atoms with E-state index in [1.165, 1.54) is 0 Å². The van der Waals surface area contributed by atoms with Crippen molar-refractivity contribution in [3.05, 3.63) is 18.3 Å². The van der Waals surface area contributed by atoms with Gasteiger partial charge in [-0.05, 0) is 18.6 Å². The number of aromatic nitrogens is 1. The van der Waals surface area contributed by atoms with Gasteiger partial charge in [-0.2, -0.15) is 0 Å². The van der Waals surface area contributed by atoms with Crippen molar-refractivity contribution in [3.8, 4) is 5.75 Å². The Morgan fingerprint density at radius 1 is 1.33 bits per heavy atom. The minimum atomic E-state index is 0.422. The molecule has 0 bridgehead atoms. The lowest BCUT2D eigenvalue weighted by Crippen LogP contribution is -2.08. The van der Waals surface area contributed by atoms with E-state index in [2.05, 4.69) is 11.9 Å². The molecule has 0 radical (unpaired) electrons. The molecule has 0 saturated carbocycles. The van der Waals surface area contributed by atoms with Crippen LogP contribution in [0.4, 0.5) is 5.82 Å². The predicted octanol–water partition coefficient (Wildman–Crippen LogP) is 1.86. The number of rotatable bonds is 7. The fraction of sp³-hybridized carbons (Fsp3) is 0.545. The number of unbranched alkanes of at least 4 members (excludes halogenated alkanes) is 1. The van der Waals surface area contributed by atoms with E-state index in [0.29, 0.717) is 24.8 Å². The van der Waals surface area contributed by atoms with Gasteiger partial charge in [-0.1, -0.05) is 13.3 Å². The van der Waals surface area contributed by atoms with Crippen molar-refractivity contribution in [2.24, 2.45) is 0 Å². The smallest absolute Gasteiger partial charge is 0.166 e. The minimum Gasteiger partial charge on any atom is -0.487 e. The Labute approximate surface area is 90.4 Å². The summed E-state index contributed by atoms with van der Waals surface area (Å²) in [5.41, 5.74) is 5.61. The van der Waals surface area contributed by atoms with Crippen LogP contribution in [0.25, 0.3) is 0 Å². The molecule has 0 aliphatic heterocycles. The Balaban J connectivity index is 2.12. The van der Waals surface area contributed by atoms with Crippen molar-refractivity contribution in [2.45, 2.75) is 19.8 Å². The van der Waals surface area contributed by atoms with Crippen LogP contribution in [-0.4, -0.2) is 24.8 Å². The largest absolute Gasteiger partial charge is 0.487 e. The molecule has 2 N–H and O–H groups in total. The van der Waals surface area contributed by atoms with E-state index in [-0.39, 0.29) is 0 Å². The third-order valence-corrected chi connectivity index (χ3v) is 1.93. The predicted molar refractivity (Wildman–Crippen MR) is 59.9 cm³/mol. The molecule has 4 heteroatoms. The van der Waals surface area contributed by atoms with Crippen LogP contribution in [0.3, 0.4) is 0 Å². The van der Waals surface area contributed by atoms with Crippen LogP contribution in [0, 0.1) is 0 Å². The first-order chi connectivity index (χ1) is 7.34. The molecule has 0 atom stereocenters. The summed E-state index contributed by atoms with van der Waals surface area (Å²) in [4.78, 5) is 3.92. The molecule has 0 aromatic carbocycles. The van der Waals surface area contributed by atoms with Gasteiger partial charge >= 0.3 is 0 Å². The number of hydrogen-bond acceptors (Lipinski definition) is 4. The number of hydrogen-bond donors (Lipinski definition) is 1. The van der Waals surface area contributed by atoms with Crippen molar-refractivity contribution < 1.29 is 9.47 Å². The second-order valence-corrected chi connectivity index (χ2v) is 3.20. The van der Waals surface area contributed by atoms with Gasteiger partial charge in [0.2, 0.25) is 0 Å². The van der Waals surface area contributed by atoms with Crippen LogP contribution in [-0.2, 0) is 4.74 Å². The number of anilines is 1. The maximum atomic E-state index is 5.61. The van der Waals surface area contributed by atoms with Crippen molar-refractivity contribution in [2.75, 3.05) is 25.6 Å². The molecular formula is C11H18N2O2. The standard InChI is InChI=1S/C11H18N2O2/c1-2-3-7-14-8-9-15-10-5-4-6-13-11(10)12/h4-6H,2-3,7-9H2,1H3,(H2,12,13). The van der Waals surface area contributed by atoms with E-state index < -0.39 is 0 Å². The summed E-state index contributed by atoms with van der Waals surface area (Å²) in [5, 5.41) is 0. The van der Waals surface area contributed by atoms with E-state index in [1.807, 2.05) is 0 Å². The normalized spacial score (nSPS) is 10.2. The summed E-state index contributed by atoms with van der Waals surface area (Å²) >= 11 is 0. The number of pyridine rings is 1. The second kappa shape index (κ2) is 7.06. The molecule has 0 saturated heterocycles. The molecule has 0 fully saturated rings. The first-order valence-electron chi connectivity index (χ1n) is 5.25. The summed E-state index contributed by atoms with van der Waals surface area (Å²) < 4.78 is 10.8. The summed E-state index contributed by atoms with van der Waals surface area (Å²) in [6, 6.07) is 3.60. The van der Waals surface area contributed by atoms with Gasteiger partial charge in [-0.3, -0.25) is 0 Å². The van der Waals surface area contributed by atoms with Crippen molar-refractivity contribution >= 4 is 5.82 Å². The van der Waals surface area contributed by atoms with Gasteiger partial charge in [0.15, 0.2) is 11.6 Å². The lowest BCUT2D eigenvalue weighted by Gasteiger charge is -2.07. The van der Waals surface area contributed by atoms with Crippen LogP contribution in [0.1, 0.15) is 19.8 Å². The first kappa shape index (κ1) is 11.8. The first-order valence-corrected chi connectivity index (χ1v) is 5.25. The molecule has 1 aromatic heterocycles. The van der Waals surface area contributed by atoms with Gasteiger partial charge in [0.1, 0.15) is 6.61 Å². The highest BCUT2D eigenvalue weighted by Gasteiger charge is 1.98. The third-order valence-electron chi connectivity index (χ3n) is 1.93. The van der Waals surface area contributed by atoms with Crippen LogP contribution in [0.2, 0.25) is 0 Å². The SMILES string of the molecule is CCCCOCCOc1cccnc1N. The fourth-order valence-corrected chi connectivity index (χ4v) is 1.08. The van der Waals surface area contributed by atoms with E-state index in [4.69, 9.17) is 15.2 Å².